The molecule has 1 heterocycles. The Bertz CT molecular complexity index is 698. The summed E-state index contributed by atoms with van der Waals surface area (Å²) in [5, 5.41) is 11.6. The first-order valence-corrected chi connectivity index (χ1v) is 6.16. The molecule has 0 unspecified atom stereocenters. The van der Waals surface area contributed by atoms with Crippen molar-refractivity contribution in [3.63, 3.8) is 0 Å². The number of hydrogen-bond donors (Lipinski definition) is 2. The van der Waals surface area contributed by atoms with Crippen LogP contribution in [0.15, 0.2) is 36.5 Å². The molecule has 0 radical (unpaired) electrons. The van der Waals surface area contributed by atoms with Gasteiger partial charge in [0.2, 0.25) is 0 Å². The second-order valence-corrected chi connectivity index (χ2v) is 4.39. The van der Waals surface area contributed by atoms with Crippen LogP contribution >= 0.6 is 0 Å². The fraction of sp³-hybridized carbons (Fsp3) is 0.133. The Morgan fingerprint density at radius 2 is 2.00 bits per heavy atom. The highest BCUT2D eigenvalue weighted by molar-refractivity contribution is 6.06. The van der Waals surface area contributed by atoms with E-state index < -0.39 is 11.9 Å². The van der Waals surface area contributed by atoms with Crippen LogP contribution in [0, 0.1) is 6.92 Å². The fourth-order valence-electron chi connectivity index (χ4n) is 1.80. The molecule has 0 spiro atoms. The normalized spacial score (nSPS) is 10.0. The zero-order valence-corrected chi connectivity index (χ0v) is 11.6. The molecule has 0 fully saturated rings. The number of benzene rings is 1. The van der Waals surface area contributed by atoms with Crippen molar-refractivity contribution < 1.29 is 19.4 Å². The summed E-state index contributed by atoms with van der Waals surface area (Å²) in [7, 11) is 1.51. The number of carbonyl (C=O) groups excluding carboxylic acids is 1. The van der Waals surface area contributed by atoms with Crippen LogP contribution in [0.2, 0.25) is 0 Å². The molecule has 2 N–H and O–H groups in total. The van der Waals surface area contributed by atoms with Crippen molar-refractivity contribution in [3.8, 4) is 5.75 Å². The Morgan fingerprint density at radius 1 is 1.24 bits per heavy atom. The summed E-state index contributed by atoms with van der Waals surface area (Å²) in [6, 6.07) is 8.06. The average molecular weight is 286 g/mol. The number of anilines is 1. The number of carboxylic acids is 1. The zero-order valence-electron chi connectivity index (χ0n) is 11.6. The van der Waals surface area contributed by atoms with Crippen LogP contribution in [-0.4, -0.2) is 29.1 Å². The number of pyridine rings is 1. The van der Waals surface area contributed by atoms with Gasteiger partial charge in [0.15, 0.2) is 0 Å². The lowest BCUT2D eigenvalue weighted by molar-refractivity contribution is 0.0690. The summed E-state index contributed by atoms with van der Waals surface area (Å²) in [6.07, 6.45) is 1.28. The molecule has 0 aliphatic carbocycles. The van der Waals surface area contributed by atoms with Crippen LogP contribution in [0.4, 0.5) is 5.69 Å². The van der Waals surface area contributed by atoms with Gasteiger partial charge < -0.3 is 15.2 Å². The maximum absolute atomic E-state index is 12.2. The van der Waals surface area contributed by atoms with Gasteiger partial charge in [0, 0.05) is 11.8 Å². The largest absolute Gasteiger partial charge is 0.495 e. The van der Waals surface area contributed by atoms with Gasteiger partial charge in [-0.15, -0.1) is 0 Å². The minimum absolute atomic E-state index is 0.182. The van der Waals surface area contributed by atoms with Gasteiger partial charge in [-0.3, -0.25) is 4.79 Å². The second kappa shape index (κ2) is 6.04. The topological polar surface area (TPSA) is 88.5 Å². The van der Waals surface area contributed by atoms with Crippen molar-refractivity contribution in [2.75, 3.05) is 12.4 Å². The second-order valence-electron chi connectivity index (χ2n) is 4.39. The molecule has 108 valence electrons. The number of carboxylic acid groups (broad SMARTS) is 1. The third-order valence-electron chi connectivity index (χ3n) is 2.84. The highest BCUT2D eigenvalue weighted by atomic mass is 16.5. The Balaban J connectivity index is 2.28. The molecule has 6 nitrogen and oxygen atoms in total. The van der Waals surface area contributed by atoms with E-state index in [1.165, 1.54) is 25.4 Å². The standard InChI is InChI=1S/C15H14N2O4/c1-9-3-4-13(21-2)11(7-9)17-14(18)10-5-6-16-12(8-10)15(19)20/h3-8H,1-2H3,(H,17,18)(H,19,20). The van der Waals surface area contributed by atoms with Crippen LogP contribution in [-0.2, 0) is 0 Å². The number of nitrogens with zero attached hydrogens (tertiary/aromatic N) is 1. The van der Waals surface area contributed by atoms with Gasteiger partial charge in [0.25, 0.3) is 5.91 Å². The Labute approximate surface area is 121 Å². The maximum Gasteiger partial charge on any atom is 0.354 e. The molecule has 2 rings (SSSR count). The van der Waals surface area contributed by atoms with Crippen LogP contribution in [0.3, 0.4) is 0 Å². The van der Waals surface area contributed by atoms with E-state index in [1.54, 1.807) is 12.1 Å². The van der Waals surface area contributed by atoms with Gasteiger partial charge in [-0.1, -0.05) is 6.07 Å². The first kappa shape index (κ1) is 14.5. The van der Waals surface area contributed by atoms with Crippen LogP contribution in [0.25, 0.3) is 0 Å². The number of hydrogen-bond acceptors (Lipinski definition) is 4. The van der Waals surface area contributed by atoms with Crippen LogP contribution < -0.4 is 10.1 Å². The SMILES string of the molecule is COc1ccc(C)cc1NC(=O)c1ccnc(C(=O)O)c1. The molecular weight excluding hydrogens is 272 g/mol. The van der Waals surface area contributed by atoms with Crippen molar-refractivity contribution in [2.24, 2.45) is 0 Å². The fourth-order valence-corrected chi connectivity index (χ4v) is 1.80. The van der Waals surface area contributed by atoms with Gasteiger partial charge >= 0.3 is 5.97 Å². The van der Waals surface area contributed by atoms with E-state index in [0.717, 1.165) is 5.56 Å². The van der Waals surface area contributed by atoms with Gasteiger partial charge in [-0.25, -0.2) is 9.78 Å². The minimum Gasteiger partial charge on any atom is -0.495 e. The first-order valence-electron chi connectivity index (χ1n) is 6.16. The summed E-state index contributed by atoms with van der Waals surface area (Å²) < 4.78 is 5.18. The summed E-state index contributed by atoms with van der Waals surface area (Å²) in [5.41, 5.74) is 1.52. The van der Waals surface area contributed by atoms with Gasteiger partial charge in [-0.2, -0.15) is 0 Å². The summed E-state index contributed by atoms with van der Waals surface area (Å²) in [5.74, 6) is -1.08. The molecule has 0 aliphatic heterocycles. The average Bonchev–Trinajstić information content (AvgIpc) is 2.47. The number of aromatic carboxylic acids is 1. The molecule has 0 saturated heterocycles. The molecule has 0 atom stereocenters. The number of rotatable bonds is 4. The van der Waals surface area contributed by atoms with Crippen molar-refractivity contribution in [1.82, 2.24) is 4.98 Å². The molecule has 0 bridgehead atoms. The van der Waals surface area contributed by atoms with Crippen molar-refractivity contribution >= 4 is 17.6 Å². The zero-order chi connectivity index (χ0) is 15.4. The number of carbonyl (C=O) groups is 2. The van der Waals surface area contributed by atoms with Crippen LogP contribution in [0.5, 0.6) is 5.75 Å². The number of methoxy groups -OCH3 is 1. The number of aromatic nitrogens is 1. The summed E-state index contributed by atoms with van der Waals surface area (Å²) in [6.45, 7) is 1.89. The van der Waals surface area contributed by atoms with Crippen LogP contribution in [0.1, 0.15) is 26.4 Å². The number of nitrogens with one attached hydrogen (secondary N) is 1. The summed E-state index contributed by atoms with van der Waals surface area (Å²) >= 11 is 0. The van der Waals surface area contributed by atoms with E-state index >= 15 is 0 Å². The van der Waals surface area contributed by atoms with Crippen molar-refractivity contribution in [3.05, 3.63) is 53.3 Å². The van der Waals surface area contributed by atoms with E-state index in [0.29, 0.717) is 11.4 Å². The van der Waals surface area contributed by atoms with E-state index in [-0.39, 0.29) is 11.3 Å². The minimum atomic E-state index is -1.18. The van der Waals surface area contributed by atoms with E-state index in [1.807, 2.05) is 13.0 Å². The third kappa shape index (κ3) is 3.36. The Kier molecular flexibility index (Phi) is 4.18. The lowest BCUT2D eigenvalue weighted by Gasteiger charge is -2.11. The lowest BCUT2D eigenvalue weighted by Crippen LogP contribution is -2.14. The highest BCUT2D eigenvalue weighted by Crippen LogP contribution is 2.25. The van der Waals surface area contributed by atoms with Gasteiger partial charge in [-0.05, 0) is 36.8 Å². The maximum atomic E-state index is 12.2. The molecular formula is C15H14N2O4. The number of amides is 1. The molecule has 21 heavy (non-hydrogen) atoms. The number of aryl methyl sites for hydroxylation is 1. The Morgan fingerprint density at radius 3 is 2.67 bits per heavy atom. The Hall–Kier alpha value is -2.89. The van der Waals surface area contributed by atoms with Gasteiger partial charge in [0.05, 0.1) is 12.8 Å². The third-order valence-corrected chi connectivity index (χ3v) is 2.84. The van der Waals surface area contributed by atoms with E-state index in [2.05, 4.69) is 10.3 Å². The molecule has 1 amide bonds. The predicted molar refractivity (Wildman–Crippen MR) is 76.9 cm³/mol. The molecule has 0 saturated carbocycles. The van der Waals surface area contributed by atoms with Crippen molar-refractivity contribution in [2.45, 2.75) is 6.92 Å². The molecule has 2 aromatic rings. The number of ether oxygens (including phenoxy) is 1. The molecule has 6 heteroatoms. The summed E-state index contributed by atoms with van der Waals surface area (Å²) in [4.78, 5) is 26.7. The molecule has 1 aromatic heterocycles. The monoisotopic (exact) mass is 286 g/mol. The van der Waals surface area contributed by atoms with Crippen molar-refractivity contribution in [1.29, 1.82) is 0 Å². The molecule has 1 aromatic carbocycles. The molecule has 0 aliphatic rings. The van der Waals surface area contributed by atoms with E-state index in [9.17, 15) is 9.59 Å². The van der Waals surface area contributed by atoms with Gasteiger partial charge in [0.1, 0.15) is 11.4 Å². The quantitative estimate of drug-likeness (QED) is 0.900. The predicted octanol–water partition coefficient (Wildman–Crippen LogP) is 2.35. The first-order chi connectivity index (χ1) is 10.0. The lowest BCUT2D eigenvalue weighted by atomic mass is 10.1. The highest BCUT2D eigenvalue weighted by Gasteiger charge is 2.13. The van der Waals surface area contributed by atoms with E-state index in [4.69, 9.17) is 9.84 Å². The smallest absolute Gasteiger partial charge is 0.354 e.